The van der Waals surface area contributed by atoms with Crippen LogP contribution in [0.1, 0.15) is 32.6 Å². The van der Waals surface area contributed by atoms with Crippen LogP contribution in [-0.2, 0) is 14.4 Å². The van der Waals surface area contributed by atoms with Crippen molar-refractivity contribution in [2.24, 2.45) is 0 Å². The Morgan fingerprint density at radius 3 is 2.24 bits per heavy atom. The summed E-state index contributed by atoms with van der Waals surface area (Å²) in [5, 5.41) is 10.9. The molecular weight excluding hydrogens is 224 g/mol. The fraction of sp³-hybridized carbons (Fsp3) is 0.727. The predicted molar refractivity (Wildman–Crippen MR) is 62.4 cm³/mol. The SMILES string of the molecule is CCN(CC(=O)NC)C(=O)CCCCC(=O)O. The highest BCUT2D eigenvalue weighted by atomic mass is 16.4. The van der Waals surface area contributed by atoms with E-state index in [1.54, 1.807) is 6.92 Å². The summed E-state index contributed by atoms with van der Waals surface area (Å²) < 4.78 is 0. The van der Waals surface area contributed by atoms with E-state index in [-0.39, 0.29) is 31.2 Å². The van der Waals surface area contributed by atoms with Crippen molar-refractivity contribution in [1.82, 2.24) is 10.2 Å². The van der Waals surface area contributed by atoms with Gasteiger partial charge in [-0.2, -0.15) is 0 Å². The Hall–Kier alpha value is -1.59. The molecule has 17 heavy (non-hydrogen) atoms. The van der Waals surface area contributed by atoms with Crippen molar-refractivity contribution in [3.8, 4) is 0 Å². The highest BCUT2D eigenvalue weighted by Gasteiger charge is 2.14. The molecule has 2 amide bonds. The molecule has 0 aliphatic heterocycles. The normalized spacial score (nSPS) is 9.76. The lowest BCUT2D eigenvalue weighted by Gasteiger charge is -2.19. The standard InChI is InChI=1S/C11H20N2O4/c1-3-13(8-9(14)12-2)10(15)6-4-5-7-11(16)17/h3-8H2,1-2H3,(H,12,14)(H,16,17). The minimum absolute atomic E-state index is 0.0603. The Kier molecular flexibility index (Phi) is 7.75. The molecular formula is C11H20N2O4. The maximum atomic E-state index is 11.7. The highest BCUT2D eigenvalue weighted by Crippen LogP contribution is 2.03. The zero-order valence-corrected chi connectivity index (χ0v) is 10.4. The van der Waals surface area contributed by atoms with Crippen molar-refractivity contribution >= 4 is 17.8 Å². The van der Waals surface area contributed by atoms with Crippen LogP contribution in [0, 0.1) is 0 Å². The fourth-order valence-corrected chi connectivity index (χ4v) is 1.34. The van der Waals surface area contributed by atoms with Gasteiger partial charge in [-0.1, -0.05) is 0 Å². The lowest BCUT2D eigenvalue weighted by Crippen LogP contribution is -2.39. The number of likely N-dealkylation sites (N-methyl/N-ethyl adjacent to an activating group) is 2. The van der Waals surface area contributed by atoms with Crippen LogP contribution in [0.25, 0.3) is 0 Å². The number of rotatable bonds is 8. The molecule has 0 aromatic carbocycles. The molecule has 0 aliphatic rings. The first-order valence-corrected chi connectivity index (χ1v) is 5.71. The van der Waals surface area contributed by atoms with E-state index in [2.05, 4.69) is 5.32 Å². The second kappa shape index (κ2) is 8.55. The maximum Gasteiger partial charge on any atom is 0.303 e. The summed E-state index contributed by atoms with van der Waals surface area (Å²) in [5.74, 6) is -1.16. The number of aliphatic carboxylic acids is 1. The van der Waals surface area contributed by atoms with Crippen LogP contribution in [0.3, 0.4) is 0 Å². The van der Waals surface area contributed by atoms with Crippen LogP contribution in [0.2, 0.25) is 0 Å². The van der Waals surface area contributed by atoms with E-state index in [1.165, 1.54) is 11.9 Å². The van der Waals surface area contributed by atoms with Crippen molar-refractivity contribution in [1.29, 1.82) is 0 Å². The number of carboxylic acid groups (broad SMARTS) is 1. The number of carbonyl (C=O) groups is 3. The molecule has 0 heterocycles. The van der Waals surface area contributed by atoms with E-state index in [9.17, 15) is 14.4 Å². The molecule has 0 aliphatic carbocycles. The van der Waals surface area contributed by atoms with E-state index in [0.29, 0.717) is 19.4 Å². The van der Waals surface area contributed by atoms with Gasteiger partial charge in [0, 0.05) is 26.4 Å². The van der Waals surface area contributed by atoms with Crippen LogP contribution < -0.4 is 5.32 Å². The smallest absolute Gasteiger partial charge is 0.303 e. The van der Waals surface area contributed by atoms with Gasteiger partial charge in [0.25, 0.3) is 0 Å². The molecule has 0 saturated heterocycles. The summed E-state index contributed by atoms with van der Waals surface area (Å²) in [4.78, 5) is 34.5. The second-order valence-electron chi connectivity index (χ2n) is 3.68. The van der Waals surface area contributed by atoms with Crippen LogP contribution >= 0.6 is 0 Å². The van der Waals surface area contributed by atoms with E-state index >= 15 is 0 Å². The number of carboxylic acids is 1. The average Bonchev–Trinajstić information content (AvgIpc) is 2.30. The second-order valence-corrected chi connectivity index (χ2v) is 3.68. The number of hydrogen-bond donors (Lipinski definition) is 2. The molecule has 0 rings (SSSR count). The predicted octanol–water partition coefficient (Wildman–Crippen LogP) is 0.226. The van der Waals surface area contributed by atoms with Gasteiger partial charge in [0.05, 0.1) is 6.54 Å². The molecule has 0 saturated carbocycles. The molecule has 0 radical (unpaired) electrons. The Morgan fingerprint density at radius 2 is 1.76 bits per heavy atom. The zero-order valence-electron chi connectivity index (χ0n) is 10.4. The number of nitrogens with one attached hydrogen (secondary N) is 1. The van der Waals surface area contributed by atoms with Gasteiger partial charge >= 0.3 is 5.97 Å². The molecule has 0 unspecified atom stereocenters. The monoisotopic (exact) mass is 244 g/mol. The third-order valence-corrected chi connectivity index (χ3v) is 2.38. The van der Waals surface area contributed by atoms with E-state index in [4.69, 9.17) is 5.11 Å². The first-order valence-electron chi connectivity index (χ1n) is 5.71. The summed E-state index contributed by atoms with van der Waals surface area (Å²) in [6.45, 7) is 2.34. The van der Waals surface area contributed by atoms with Gasteiger partial charge in [0.15, 0.2) is 0 Å². The van der Waals surface area contributed by atoms with Crippen molar-refractivity contribution in [2.75, 3.05) is 20.1 Å². The van der Waals surface area contributed by atoms with Crippen molar-refractivity contribution < 1.29 is 19.5 Å². The molecule has 6 heteroatoms. The largest absolute Gasteiger partial charge is 0.481 e. The fourth-order valence-electron chi connectivity index (χ4n) is 1.34. The third-order valence-electron chi connectivity index (χ3n) is 2.38. The van der Waals surface area contributed by atoms with Gasteiger partial charge in [-0.15, -0.1) is 0 Å². The molecule has 6 nitrogen and oxygen atoms in total. The zero-order chi connectivity index (χ0) is 13.3. The molecule has 0 bridgehead atoms. The van der Waals surface area contributed by atoms with E-state index in [0.717, 1.165) is 0 Å². The van der Waals surface area contributed by atoms with Gasteiger partial charge in [-0.25, -0.2) is 0 Å². The summed E-state index contributed by atoms with van der Waals surface area (Å²) in [7, 11) is 1.52. The Balaban J connectivity index is 3.91. The lowest BCUT2D eigenvalue weighted by atomic mass is 10.2. The van der Waals surface area contributed by atoms with Gasteiger partial charge < -0.3 is 15.3 Å². The molecule has 0 aromatic heterocycles. The third kappa shape index (κ3) is 7.32. The van der Waals surface area contributed by atoms with Crippen LogP contribution in [0.5, 0.6) is 0 Å². The average molecular weight is 244 g/mol. The highest BCUT2D eigenvalue weighted by molar-refractivity contribution is 5.84. The Labute approximate surface area is 101 Å². The molecule has 2 N–H and O–H groups in total. The lowest BCUT2D eigenvalue weighted by molar-refractivity contribution is -0.138. The van der Waals surface area contributed by atoms with Crippen LogP contribution in [-0.4, -0.2) is 47.9 Å². The van der Waals surface area contributed by atoms with E-state index in [1.807, 2.05) is 0 Å². The maximum absolute atomic E-state index is 11.7. The minimum Gasteiger partial charge on any atom is -0.481 e. The quantitative estimate of drug-likeness (QED) is 0.598. The molecule has 98 valence electrons. The number of nitrogens with zero attached hydrogens (tertiary/aromatic N) is 1. The molecule has 0 fully saturated rings. The number of hydrogen-bond acceptors (Lipinski definition) is 3. The van der Waals surface area contributed by atoms with Gasteiger partial charge in [0.1, 0.15) is 0 Å². The topological polar surface area (TPSA) is 86.7 Å². The first-order chi connectivity index (χ1) is 8.01. The van der Waals surface area contributed by atoms with Crippen molar-refractivity contribution in [3.05, 3.63) is 0 Å². The number of unbranched alkanes of at least 4 members (excludes halogenated alkanes) is 1. The Bertz CT molecular complexity index is 279. The summed E-state index contributed by atoms with van der Waals surface area (Å²) in [5.41, 5.74) is 0. The number of carbonyl (C=O) groups excluding carboxylic acids is 2. The minimum atomic E-state index is -0.852. The molecule has 0 aromatic rings. The Morgan fingerprint density at radius 1 is 1.18 bits per heavy atom. The first kappa shape index (κ1) is 15.4. The van der Waals surface area contributed by atoms with Gasteiger partial charge in [-0.05, 0) is 19.8 Å². The van der Waals surface area contributed by atoms with E-state index < -0.39 is 5.97 Å². The molecule has 0 spiro atoms. The number of amides is 2. The van der Waals surface area contributed by atoms with Crippen molar-refractivity contribution in [3.63, 3.8) is 0 Å². The van der Waals surface area contributed by atoms with Crippen LogP contribution in [0.4, 0.5) is 0 Å². The van der Waals surface area contributed by atoms with Crippen LogP contribution in [0.15, 0.2) is 0 Å². The summed E-state index contributed by atoms with van der Waals surface area (Å²) >= 11 is 0. The van der Waals surface area contributed by atoms with Crippen molar-refractivity contribution in [2.45, 2.75) is 32.6 Å². The molecule has 0 atom stereocenters. The van der Waals surface area contributed by atoms with Gasteiger partial charge in [0.2, 0.25) is 11.8 Å². The summed E-state index contributed by atoms with van der Waals surface area (Å²) in [6, 6.07) is 0. The van der Waals surface area contributed by atoms with Gasteiger partial charge in [-0.3, -0.25) is 14.4 Å². The summed E-state index contributed by atoms with van der Waals surface area (Å²) in [6.07, 6.45) is 1.39.